The van der Waals surface area contributed by atoms with Crippen LogP contribution in [0.25, 0.3) is 16.9 Å². The number of nitriles is 1. The number of amides is 1. The molecule has 1 aliphatic rings. The van der Waals surface area contributed by atoms with Gasteiger partial charge in [0.15, 0.2) is 5.65 Å². The molecule has 1 fully saturated rings. The smallest absolute Gasteiger partial charge is 0.338 e. The number of fused-ring (bicyclic) bond motifs is 1. The van der Waals surface area contributed by atoms with Gasteiger partial charge in [-0.05, 0) is 63.1 Å². The Bertz CT molecular complexity index is 1840. The fourth-order valence-electron chi connectivity index (χ4n) is 5.45. The molecule has 14 heteroatoms. The van der Waals surface area contributed by atoms with Crippen molar-refractivity contribution in [3.63, 3.8) is 0 Å². The molecule has 1 aromatic carbocycles. The first kappa shape index (κ1) is 28.9. The summed E-state index contributed by atoms with van der Waals surface area (Å²) in [7, 11) is 0. The number of likely N-dealkylation sites (tertiary alicyclic amines) is 1. The van der Waals surface area contributed by atoms with Crippen molar-refractivity contribution in [1.29, 1.82) is 5.26 Å². The molecule has 1 N–H and O–H groups in total. The lowest BCUT2D eigenvalue weighted by Crippen LogP contribution is -2.48. The maximum Gasteiger partial charge on any atom is 0.416 e. The average molecular weight is 603 g/mol. The number of pyridine rings is 1. The van der Waals surface area contributed by atoms with E-state index < -0.39 is 17.3 Å². The lowest BCUT2D eigenvalue weighted by Gasteiger charge is -2.40. The monoisotopic (exact) mass is 602 g/mol. The third-order valence-corrected chi connectivity index (χ3v) is 7.96. The van der Waals surface area contributed by atoms with Crippen LogP contribution < -0.4 is 5.32 Å². The highest BCUT2D eigenvalue weighted by atomic mass is 19.4. The molecule has 44 heavy (non-hydrogen) atoms. The molecule has 1 saturated heterocycles. The molecule has 0 atom stereocenters. The van der Waals surface area contributed by atoms with Crippen LogP contribution in [0.1, 0.15) is 55.1 Å². The summed E-state index contributed by atoms with van der Waals surface area (Å²) < 4.78 is 44.2. The topological polar surface area (TPSA) is 122 Å². The van der Waals surface area contributed by atoms with E-state index in [1.54, 1.807) is 26.5 Å². The number of alkyl halides is 3. The summed E-state index contributed by atoms with van der Waals surface area (Å²) in [5.41, 5.74) is 1.68. The average Bonchev–Trinajstić information content (AvgIpc) is 3.77. The molecule has 5 heterocycles. The Morgan fingerprint density at radius 2 is 1.82 bits per heavy atom. The van der Waals surface area contributed by atoms with E-state index in [9.17, 15) is 23.2 Å². The first-order valence-electron chi connectivity index (χ1n) is 14.1. The number of hydrogen-bond donors (Lipinski definition) is 1. The van der Waals surface area contributed by atoms with E-state index in [2.05, 4.69) is 31.7 Å². The maximum absolute atomic E-state index is 13.1. The minimum atomic E-state index is -4.47. The summed E-state index contributed by atoms with van der Waals surface area (Å²) >= 11 is 0. The second kappa shape index (κ2) is 11.1. The molecule has 11 nitrogen and oxygen atoms in total. The first-order valence-corrected chi connectivity index (χ1v) is 14.1. The second-order valence-electron chi connectivity index (χ2n) is 11.1. The summed E-state index contributed by atoms with van der Waals surface area (Å²) in [6, 6.07) is 12.4. The molecule has 4 aromatic heterocycles. The van der Waals surface area contributed by atoms with E-state index in [1.165, 1.54) is 12.1 Å². The number of piperidine rings is 1. The summed E-state index contributed by atoms with van der Waals surface area (Å²) in [4.78, 5) is 19.3. The highest BCUT2D eigenvalue weighted by Gasteiger charge is 2.39. The van der Waals surface area contributed by atoms with Gasteiger partial charge in [0.2, 0.25) is 5.95 Å². The van der Waals surface area contributed by atoms with Crippen LogP contribution in [-0.2, 0) is 11.7 Å². The maximum atomic E-state index is 13.1. The molecule has 0 radical (unpaired) electrons. The number of nitrogens with zero attached hydrogens (tertiary/aromatic N) is 9. The number of halogens is 3. The Kier molecular flexibility index (Phi) is 7.32. The predicted molar refractivity (Wildman–Crippen MR) is 155 cm³/mol. The van der Waals surface area contributed by atoms with Gasteiger partial charge in [0.1, 0.15) is 0 Å². The van der Waals surface area contributed by atoms with Gasteiger partial charge in [0.25, 0.3) is 5.91 Å². The molecular formula is C30H29F3N10O. The summed E-state index contributed by atoms with van der Waals surface area (Å²) in [5, 5.41) is 26.5. The van der Waals surface area contributed by atoms with Crippen LogP contribution in [0.3, 0.4) is 0 Å². The Labute approximate surface area is 250 Å². The van der Waals surface area contributed by atoms with Gasteiger partial charge in [0.05, 0.1) is 47.4 Å². The Hall–Kier alpha value is -5.19. The third kappa shape index (κ3) is 5.48. The molecule has 226 valence electrons. The van der Waals surface area contributed by atoms with Gasteiger partial charge in [0, 0.05) is 42.7 Å². The SMILES string of the molecule is CC(C)n1cc(Nc2nc3cccc(-c4cnn(C5(CC#N)CCN(C(=O)c6ccc(C(F)(F)F)cc6)CC5)c4)n3n2)cn1. The summed E-state index contributed by atoms with van der Waals surface area (Å²) in [6.45, 7) is 4.74. The van der Waals surface area contributed by atoms with E-state index in [4.69, 9.17) is 0 Å². The molecule has 0 unspecified atom stereocenters. The number of carbonyl (C=O) groups is 1. The van der Waals surface area contributed by atoms with Crippen LogP contribution in [0.4, 0.5) is 24.8 Å². The molecule has 1 aliphatic heterocycles. The Morgan fingerprint density at radius 3 is 2.48 bits per heavy atom. The molecular weight excluding hydrogens is 573 g/mol. The van der Waals surface area contributed by atoms with Crippen molar-refractivity contribution in [2.45, 2.75) is 50.9 Å². The number of anilines is 2. The van der Waals surface area contributed by atoms with Crippen molar-refractivity contribution >= 4 is 23.2 Å². The Balaban J connectivity index is 1.20. The van der Waals surface area contributed by atoms with Crippen LogP contribution >= 0.6 is 0 Å². The van der Waals surface area contributed by atoms with E-state index in [-0.39, 0.29) is 23.9 Å². The number of carbonyl (C=O) groups excluding carboxylic acids is 1. The van der Waals surface area contributed by atoms with E-state index in [1.807, 2.05) is 49.1 Å². The van der Waals surface area contributed by atoms with Crippen LogP contribution in [0.2, 0.25) is 0 Å². The van der Waals surface area contributed by atoms with Crippen molar-refractivity contribution in [3.8, 4) is 17.3 Å². The number of nitrogens with one attached hydrogen (secondary N) is 1. The highest BCUT2D eigenvalue weighted by Crippen LogP contribution is 2.35. The largest absolute Gasteiger partial charge is 0.416 e. The summed E-state index contributed by atoms with van der Waals surface area (Å²) in [6.07, 6.45) is 3.83. The predicted octanol–water partition coefficient (Wildman–Crippen LogP) is 5.68. The van der Waals surface area contributed by atoms with Crippen molar-refractivity contribution in [2.75, 3.05) is 18.4 Å². The van der Waals surface area contributed by atoms with Gasteiger partial charge in [-0.25, -0.2) is 4.52 Å². The third-order valence-electron chi connectivity index (χ3n) is 7.96. The van der Waals surface area contributed by atoms with E-state index in [0.717, 1.165) is 29.1 Å². The minimum Gasteiger partial charge on any atom is -0.338 e. The fraction of sp³-hybridized carbons (Fsp3) is 0.333. The van der Waals surface area contributed by atoms with Crippen LogP contribution in [0.15, 0.2) is 67.3 Å². The normalized spacial score (nSPS) is 15.1. The fourth-order valence-corrected chi connectivity index (χ4v) is 5.45. The highest BCUT2D eigenvalue weighted by molar-refractivity contribution is 5.94. The number of rotatable bonds is 7. The molecule has 0 saturated carbocycles. The van der Waals surface area contributed by atoms with Gasteiger partial charge < -0.3 is 10.2 Å². The van der Waals surface area contributed by atoms with Crippen molar-refractivity contribution in [2.24, 2.45) is 0 Å². The first-order chi connectivity index (χ1) is 21.1. The Morgan fingerprint density at radius 1 is 1.07 bits per heavy atom. The molecule has 5 aromatic rings. The lowest BCUT2D eigenvalue weighted by molar-refractivity contribution is -0.137. The van der Waals surface area contributed by atoms with Gasteiger partial charge in [-0.1, -0.05) is 6.07 Å². The zero-order valence-electron chi connectivity index (χ0n) is 24.0. The minimum absolute atomic E-state index is 0.183. The van der Waals surface area contributed by atoms with Crippen LogP contribution in [0, 0.1) is 11.3 Å². The van der Waals surface area contributed by atoms with E-state index in [0.29, 0.717) is 37.5 Å². The quantitative estimate of drug-likeness (QED) is 0.254. The van der Waals surface area contributed by atoms with Crippen LogP contribution in [-0.4, -0.2) is 58.1 Å². The van der Waals surface area contributed by atoms with Gasteiger partial charge in [-0.3, -0.25) is 14.2 Å². The molecule has 0 spiro atoms. The van der Waals surface area contributed by atoms with E-state index >= 15 is 0 Å². The van der Waals surface area contributed by atoms with Crippen molar-refractivity contribution < 1.29 is 18.0 Å². The molecule has 0 aliphatic carbocycles. The van der Waals surface area contributed by atoms with Gasteiger partial charge >= 0.3 is 6.18 Å². The van der Waals surface area contributed by atoms with Crippen molar-refractivity contribution in [1.82, 2.24) is 39.1 Å². The second-order valence-corrected chi connectivity index (χ2v) is 11.1. The summed E-state index contributed by atoms with van der Waals surface area (Å²) in [5.74, 6) is 0.0726. The standard InChI is InChI=1S/C30H29F3N10O/c1-20(2)41-19-24(17-35-41)37-28-38-26-5-3-4-25(43(26)39-28)22-16-36-42(18-22)29(10-13-34)11-14-40(15-12-29)27(44)21-6-8-23(9-7-21)30(31,32)33/h3-9,16-20H,10-12,14-15H2,1-2H3,(H,37,39). The van der Waals surface area contributed by atoms with Gasteiger partial charge in [-0.2, -0.15) is 33.6 Å². The lowest BCUT2D eigenvalue weighted by atomic mass is 9.84. The molecule has 1 amide bonds. The zero-order chi connectivity index (χ0) is 31.1. The number of aromatic nitrogens is 7. The number of hydrogen-bond acceptors (Lipinski definition) is 7. The van der Waals surface area contributed by atoms with Crippen molar-refractivity contribution in [3.05, 3.63) is 78.4 Å². The van der Waals surface area contributed by atoms with Gasteiger partial charge in [-0.15, -0.1) is 5.10 Å². The number of benzene rings is 1. The van der Waals surface area contributed by atoms with Crippen LogP contribution in [0.5, 0.6) is 0 Å². The molecule has 0 bridgehead atoms. The molecule has 6 rings (SSSR count). The zero-order valence-corrected chi connectivity index (χ0v) is 24.0.